The molecule has 0 aliphatic rings. The highest BCUT2D eigenvalue weighted by Crippen LogP contribution is 2.17. The number of hydrogen-bond donors (Lipinski definition) is 2. The van der Waals surface area contributed by atoms with Crippen molar-refractivity contribution in [3.05, 3.63) is 30.1 Å². The molecule has 1 aromatic rings. The Morgan fingerprint density at radius 2 is 1.95 bits per heavy atom. The molecule has 2 N–H and O–H groups in total. The Kier molecular flexibility index (Phi) is 11.5. The average Bonchev–Trinajstić information content (AvgIpc) is 2.42. The van der Waals surface area contributed by atoms with Gasteiger partial charge >= 0.3 is 0 Å². The molecule has 0 saturated carbocycles. The van der Waals surface area contributed by atoms with E-state index in [4.69, 9.17) is 4.74 Å². The van der Waals surface area contributed by atoms with E-state index < -0.39 is 0 Å². The van der Waals surface area contributed by atoms with Crippen LogP contribution in [-0.4, -0.2) is 45.0 Å². The normalized spacial score (nSPS) is 9.90. The van der Waals surface area contributed by atoms with E-state index in [0.717, 1.165) is 18.0 Å². The Balaban J connectivity index is 0.00000361. The molecule has 20 heavy (non-hydrogen) atoms. The lowest BCUT2D eigenvalue weighted by molar-refractivity contribution is -0.118. The molecule has 0 spiro atoms. The first-order valence-corrected chi connectivity index (χ1v) is 7.05. The van der Waals surface area contributed by atoms with Crippen molar-refractivity contribution in [2.45, 2.75) is 4.90 Å². The summed E-state index contributed by atoms with van der Waals surface area (Å²) in [6.45, 7) is 2.74. The van der Waals surface area contributed by atoms with Crippen LogP contribution in [0.1, 0.15) is 0 Å². The second-order valence-electron chi connectivity index (χ2n) is 3.84. The smallest absolute Gasteiger partial charge is 0.230 e. The molecule has 0 aromatic heterocycles. The van der Waals surface area contributed by atoms with Gasteiger partial charge in [-0.3, -0.25) is 4.79 Å². The third-order valence-corrected chi connectivity index (χ3v) is 3.30. The van der Waals surface area contributed by atoms with Crippen molar-refractivity contribution in [2.24, 2.45) is 0 Å². The van der Waals surface area contributed by atoms with Crippen LogP contribution in [0.2, 0.25) is 0 Å². The molecule has 7 heteroatoms. The quantitative estimate of drug-likeness (QED) is 0.536. The second-order valence-corrected chi connectivity index (χ2v) is 4.88. The highest BCUT2D eigenvalue weighted by Gasteiger charge is 2.02. The van der Waals surface area contributed by atoms with Crippen molar-refractivity contribution in [1.29, 1.82) is 0 Å². The van der Waals surface area contributed by atoms with Crippen molar-refractivity contribution >= 4 is 30.1 Å². The Labute approximate surface area is 129 Å². The summed E-state index contributed by atoms with van der Waals surface area (Å²) < 4.78 is 17.6. The Bertz CT molecular complexity index is 379. The SMILES string of the molecule is COCCNCCNC(=O)CSc1ccc(F)cc1.Cl. The van der Waals surface area contributed by atoms with E-state index in [2.05, 4.69) is 10.6 Å². The van der Waals surface area contributed by atoms with Crippen LogP contribution < -0.4 is 10.6 Å². The van der Waals surface area contributed by atoms with E-state index in [1.807, 2.05) is 0 Å². The summed E-state index contributed by atoms with van der Waals surface area (Å²) in [5.74, 6) is 0.0442. The van der Waals surface area contributed by atoms with E-state index in [0.29, 0.717) is 18.9 Å². The van der Waals surface area contributed by atoms with Gasteiger partial charge in [-0.05, 0) is 24.3 Å². The van der Waals surface area contributed by atoms with E-state index >= 15 is 0 Å². The topological polar surface area (TPSA) is 50.4 Å². The predicted octanol–water partition coefficient (Wildman–Crippen LogP) is 1.69. The zero-order valence-corrected chi connectivity index (χ0v) is 13.0. The fourth-order valence-electron chi connectivity index (χ4n) is 1.32. The van der Waals surface area contributed by atoms with Crippen LogP contribution in [0.3, 0.4) is 0 Å². The molecule has 1 rings (SSSR count). The maximum absolute atomic E-state index is 12.7. The summed E-state index contributed by atoms with van der Waals surface area (Å²) in [5.41, 5.74) is 0. The fraction of sp³-hybridized carbons (Fsp3) is 0.462. The number of hydrogen-bond acceptors (Lipinski definition) is 4. The lowest BCUT2D eigenvalue weighted by atomic mass is 10.4. The van der Waals surface area contributed by atoms with Gasteiger partial charge in [-0.15, -0.1) is 24.2 Å². The van der Waals surface area contributed by atoms with Crippen LogP contribution in [0.5, 0.6) is 0 Å². The summed E-state index contributed by atoms with van der Waals surface area (Å²) in [6.07, 6.45) is 0. The Hall–Kier alpha value is -0.820. The van der Waals surface area contributed by atoms with Crippen molar-refractivity contribution in [1.82, 2.24) is 10.6 Å². The molecule has 114 valence electrons. The first kappa shape index (κ1) is 19.2. The number of amides is 1. The van der Waals surface area contributed by atoms with Crippen LogP contribution in [0, 0.1) is 5.82 Å². The van der Waals surface area contributed by atoms with Gasteiger partial charge in [0.05, 0.1) is 12.4 Å². The number of halogens is 2. The zero-order valence-electron chi connectivity index (χ0n) is 11.4. The van der Waals surface area contributed by atoms with Crippen LogP contribution >= 0.6 is 24.2 Å². The first-order chi connectivity index (χ1) is 9.22. The minimum Gasteiger partial charge on any atom is -0.383 e. The maximum atomic E-state index is 12.7. The standard InChI is InChI=1S/C13H19FN2O2S.ClH/c1-18-9-8-15-6-7-16-13(17)10-19-12-4-2-11(14)3-5-12;/h2-5,15H,6-10H2,1H3,(H,16,17);1H. The molecule has 0 aliphatic carbocycles. The van der Waals surface area contributed by atoms with Crippen LogP contribution in [0.25, 0.3) is 0 Å². The summed E-state index contributed by atoms with van der Waals surface area (Å²) in [5, 5.41) is 5.94. The molecular weight excluding hydrogens is 303 g/mol. The van der Waals surface area contributed by atoms with Crippen LogP contribution in [-0.2, 0) is 9.53 Å². The van der Waals surface area contributed by atoms with Crippen molar-refractivity contribution in [2.75, 3.05) is 39.1 Å². The third-order valence-electron chi connectivity index (χ3n) is 2.29. The number of ether oxygens (including phenoxy) is 1. The molecule has 0 radical (unpaired) electrons. The van der Waals surface area contributed by atoms with Crippen molar-refractivity contribution in [3.8, 4) is 0 Å². The molecule has 0 saturated heterocycles. The summed E-state index contributed by atoms with van der Waals surface area (Å²) in [4.78, 5) is 12.4. The van der Waals surface area contributed by atoms with Crippen molar-refractivity contribution in [3.63, 3.8) is 0 Å². The van der Waals surface area contributed by atoms with Gasteiger partial charge in [0.15, 0.2) is 0 Å². The van der Waals surface area contributed by atoms with Gasteiger partial charge in [-0.2, -0.15) is 0 Å². The molecule has 0 fully saturated rings. The molecule has 0 heterocycles. The molecule has 1 aromatic carbocycles. The van der Waals surface area contributed by atoms with E-state index in [1.165, 1.54) is 23.9 Å². The van der Waals surface area contributed by atoms with Gasteiger partial charge in [0.1, 0.15) is 5.82 Å². The minimum atomic E-state index is -0.268. The number of carbonyl (C=O) groups is 1. The van der Waals surface area contributed by atoms with Gasteiger partial charge in [-0.1, -0.05) is 0 Å². The van der Waals surface area contributed by atoms with Gasteiger partial charge in [0.2, 0.25) is 5.91 Å². The number of rotatable bonds is 9. The number of nitrogens with one attached hydrogen (secondary N) is 2. The van der Waals surface area contributed by atoms with Crippen LogP contribution in [0.15, 0.2) is 29.2 Å². The lowest BCUT2D eigenvalue weighted by Crippen LogP contribution is -2.33. The second kappa shape index (κ2) is 12.0. The van der Waals surface area contributed by atoms with Crippen LogP contribution in [0.4, 0.5) is 4.39 Å². The average molecular weight is 323 g/mol. The first-order valence-electron chi connectivity index (χ1n) is 6.07. The Morgan fingerprint density at radius 3 is 2.60 bits per heavy atom. The number of thioether (sulfide) groups is 1. The van der Waals surface area contributed by atoms with Gasteiger partial charge < -0.3 is 15.4 Å². The highest BCUT2D eigenvalue weighted by molar-refractivity contribution is 8.00. The van der Waals surface area contributed by atoms with Crippen molar-refractivity contribution < 1.29 is 13.9 Å². The van der Waals surface area contributed by atoms with E-state index in [-0.39, 0.29) is 24.1 Å². The molecule has 0 unspecified atom stereocenters. The largest absolute Gasteiger partial charge is 0.383 e. The summed E-state index contributed by atoms with van der Waals surface area (Å²) in [7, 11) is 1.65. The van der Waals surface area contributed by atoms with Gasteiger partial charge in [0.25, 0.3) is 0 Å². The third kappa shape index (κ3) is 9.14. The number of benzene rings is 1. The summed E-state index contributed by atoms with van der Waals surface area (Å²) >= 11 is 1.39. The maximum Gasteiger partial charge on any atom is 0.230 e. The van der Waals surface area contributed by atoms with E-state index in [9.17, 15) is 9.18 Å². The Morgan fingerprint density at radius 1 is 1.25 bits per heavy atom. The minimum absolute atomic E-state index is 0. The van der Waals surface area contributed by atoms with Gasteiger partial charge in [0, 0.05) is 31.6 Å². The fourth-order valence-corrected chi connectivity index (χ4v) is 2.05. The molecule has 1 amide bonds. The monoisotopic (exact) mass is 322 g/mol. The molecule has 0 atom stereocenters. The number of carbonyl (C=O) groups excluding carboxylic acids is 1. The molecule has 0 aliphatic heterocycles. The zero-order chi connectivity index (χ0) is 13.9. The highest BCUT2D eigenvalue weighted by atomic mass is 35.5. The summed E-state index contributed by atoms with van der Waals surface area (Å²) in [6, 6.07) is 6.11. The molecule has 4 nitrogen and oxygen atoms in total. The van der Waals surface area contributed by atoms with E-state index in [1.54, 1.807) is 19.2 Å². The predicted molar refractivity (Wildman–Crippen MR) is 82.1 cm³/mol. The van der Waals surface area contributed by atoms with Gasteiger partial charge in [-0.25, -0.2) is 4.39 Å². The molecule has 0 bridgehead atoms. The lowest BCUT2D eigenvalue weighted by Gasteiger charge is -2.06. The molecular formula is C13H20ClFN2O2S. The number of methoxy groups -OCH3 is 1.